The van der Waals surface area contributed by atoms with E-state index in [1.54, 1.807) is 0 Å². The highest BCUT2D eigenvalue weighted by Crippen LogP contribution is 2.38. The van der Waals surface area contributed by atoms with Crippen LogP contribution in [-0.4, -0.2) is 18.0 Å². The number of rotatable bonds is 6. The van der Waals surface area contributed by atoms with Gasteiger partial charge in [0.05, 0.1) is 6.61 Å². The molecule has 0 spiro atoms. The average molecular weight is 410 g/mol. The summed E-state index contributed by atoms with van der Waals surface area (Å²) >= 11 is 0. The smallest absolute Gasteiger partial charge is 0.192 e. The van der Waals surface area contributed by atoms with E-state index < -0.39 is 14.4 Å². The maximum absolute atomic E-state index is 11.2. The topological polar surface area (TPSA) is 34.4 Å². The van der Waals surface area contributed by atoms with Gasteiger partial charge in [-0.3, -0.25) is 0 Å². The van der Waals surface area contributed by atoms with Gasteiger partial charge in [0.25, 0.3) is 0 Å². The molecule has 3 nitrogen and oxygen atoms in total. The van der Waals surface area contributed by atoms with Gasteiger partial charge in [-0.25, -0.2) is 0 Å². The van der Waals surface area contributed by atoms with Gasteiger partial charge in [-0.2, -0.15) is 0 Å². The highest BCUT2D eigenvalue weighted by molar-refractivity contribution is 6.74. The van der Waals surface area contributed by atoms with Crippen molar-refractivity contribution >= 4 is 14.0 Å². The van der Waals surface area contributed by atoms with Gasteiger partial charge in [0.1, 0.15) is 6.10 Å². The summed E-state index contributed by atoms with van der Waals surface area (Å²) in [4.78, 5) is 0. The lowest BCUT2D eigenvalue weighted by Crippen LogP contribution is -2.40. The second-order valence-corrected chi connectivity index (χ2v) is 14.5. The lowest BCUT2D eigenvalue weighted by atomic mass is 9.95. The molecular formula is C25H35NO2Si. The first kappa shape index (κ1) is 21.8. The van der Waals surface area contributed by atoms with Crippen molar-refractivity contribution in [1.82, 2.24) is 4.57 Å². The number of nitrogens with zero attached hydrogens (tertiary/aromatic N) is 1. The van der Waals surface area contributed by atoms with Crippen molar-refractivity contribution in [3.8, 4) is 0 Å². The summed E-state index contributed by atoms with van der Waals surface area (Å²) in [5.41, 5.74) is 6.57. The van der Waals surface area contributed by atoms with E-state index in [2.05, 4.69) is 101 Å². The molecule has 1 aliphatic rings. The predicted octanol–water partition coefficient (Wildman–Crippen LogP) is 6.53. The third-order valence-corrected chi connectivity index (χ3v) is 11.0. The monoisotopic (exact) mass is 409 g/mol. The minimum Gasteiger partial charge on any atom is -0.411 e. The Balaban J connectivity index is 1.90. The van der Waals surface area contributed by atoms with Gasteiger partial charge in [-0.05, 0) is 73.3 Å². The van der Waals surface area contributed by atoms with E-state index in [1.807, 2.05) is 0 Å². The van der Waals surface area contributed by atoms with Crippen LogP contribution in [0.2, 0.25) is 18.1 Å². The zero-order valence-corrected chi connectivity index (χ0v) is 19.9. The first-order valence-electron chi connectivity index (χ1n) is 10.5. The van der Waals surface area contributed by atoms with Crippen molar-refractivity contribution in [2.24, 2.45) is 0 Å². The third-order valence-electron chi connectivity index (χ3n) is 6.47. The Kier molecular flexibility index (Phi) is 6.09. The SMILES string of the molecule is Cc1ccc(C(O)C2=C(n3cccc3CO[Si](C)(C)C(C)(C)C)C=CC2)c(C)c1. The van der Waals surface area contributed by atoms with Crippen LogP contribution in [0, 0.1) is 13.8 Å². The van der Waals surface area contributed by atoms with Crippen molar-refractivity contribution in [2.75, 3.05) is 0 Å². The normalized spacial score (nSPS) is 16.0. The molecular weight excluding hydrogens is 374 g/mol. The molecule has 2 aromatic rings. The van der Waals surface area contributed by atoms with Gasteiger partial charge in [-0.15, -0.1) is 0 Å². The Hall–Kier alpha value is -1.88. The van der Waals surface area contributed by atoms with Crippen LogP contribution in [0.4, 0.5) is 0 Å². The third kappa shape index (κ3) is 4.50. The maximum atomic E-state index is 11.2. The highest BCUT2D eigenvalue weighted by atomic mass is 28.4. The van der Waals surface area contributed by atoms with E-state index in [4.69, 9.17) is 4.43 Å². The van der Waals surface area contributed by atoms with E-state index in [-0.39, 0.29) is 5.04 Å². The molecule has 29 heavy (non-hydrogen) atoms. The summed E-state index contributed by atoms with van der Waals surface area (Å²) in [5.74, 6) is 0. The Morgan fingerprint density at radius 1 is 1.17 bits per heavy atom. The molecule has 0 radical (unpaired) electrons. The van der Waals surface area contributed by atoms with Crippen LogP contribution in [0.1, 0.15) is 55.7 Å². The standard InChI is InChI=1S/C25H35NO2Si/c1-18-13-14-21(19(2)16-18)24(27)22-11-8-12-23(22)26-15-9-10-20(26)17-28-29(6,7)25(3,4)5/h8-10,12-16,24,27H,11,17H2,1-7H3. The molecule has 1 aromatic heterocycles. The molecule has 0 fully saturated rings. The number of aliphatic hydroxyl groups excluding tert-OH is 1. The van der Waals surface area contributed by atoms with Crippen molar-refractivity contribution in [2.45, 2.75) is 71.9 Å². The second kappa shape index (κ2) is 8.09. The van der Waals surface area contributed by atoms with E-state index in [0.717, 1.165) is 34.5 Å². The fraction of sp³-hybridized carbons (Fsp3) is 0.440. The van der Waals surface area contributed by atoms with Crippen LogP contribution < -0.4 is 0 Å². The fourth-order valence-corrected chi connectivity index (χ4v) is 4.50. The summed E-state index contributed by atoms with van der Waals surface area (Å²) in [6.07, 6.45) is 6.50. The Labute approximate surface area is 176 Å². The van der Waals surface area contributed by atoms with Crippen molar-refractivity contribution in [3.63, 3.8) is 0 Å². The lowest BCUT2D eigenvalue weighted by molar-refractivity contribution is 0.213. The summed E-state index contributed by atoms with van der Waals surface area (Å²) in [5, 5.41) is 11.4. The molecule has 0 saturated heterocycles. The molecule has 156 valence electrons. The Bertz CT molecular complexity index is 944. The van der Waals surface area contributed by atoms with E-state index in [0.29, 0.717) is 6.61 Å². The van der Waals surface area contributed by atoms with Crippen LogP contribution in [0.3, 0.4) is 0 Å². The largest absolute Gasteiger partial charge is 0.411 e. The van der Waals surface area contributed by atoms with Crippen LogP contribution in [-0.2, 0) is 11.0 Å². The molecule has 1 N–H and O–H groups in total. The summed E-state index contributed by atoms with van der Waals surface area (Å²) < 4.78 is 8.64. The van der Waals surface area contributed by atoms with Crippen LogP contribution in [0.15, 0.2) is 54.3 Å². The van der Waals surface area contributed by atoms with Gasteiger partial charge < -0.3 is 14.1 Å². The minimum absolute atomic E-state index is 0.182. The molecule has 3 rings (SSSR count). The molecule has 1 unspecified atom stereocenters. The zero-order valence-electron chi connectivity index (χ0n) is 18.9. The van der Waals surface area contributed by atoms with Gasteiger partial charge in [-0.1, -0.05) is 50.6 Å². The van der Waals surface area contributed by atoms with Crippen LogP contribution in [0.25, 0.3) is 5.70 Å². The van der Waals surface area contributed by atoms with E-state index in [9.17, 15) is 5.11 Å². The molecule has 4 heteroatoms. The fourth-order valence-electron chi connectivity index (χ4n) is 3.56. The first-order valence-corrected chi connectivity index (χ1v) is 13.4. The van der Waals surface area contributed by atoms with Crippen molar-refractivity contribution < 1.29 is 9.53 Å². The predicted molar refractivity (Wildman–Crippen MR) is 124 cm³/mol. The first-order chi connectivity index (χ1) is 13.5. The van der Waals surface area contributed by atoms with E-state index >= 15 is 0 Å². The number of aryl methyl sites for hydroxylation is 2. The molecule has 0 saturated carbocycles. The number of benzene rings is 1. The van der Waals surface area contributed by atoms with Crippen LogP contribution in [0.5, 0.6) is 0 Å². The quantitative estimate of drug-likeness (QED) is 0.550. The Morgan fingerprint density at radius 3 is 2.55 bits per heavy atom. The van der Waals surface area contributed by atoms with Gasteiger partial charge >= 0.3 is 0 Å². The Morgan fingerprint density at radius 2 is 1.90 bits per heavy atom. The lowest BCUT2D eigenvalue weighted by Gasteiger charge is -2.36. The summed E-state index contributed by atoms with van der Waals surface area (Å²) in [6.45, 7) is 16.1. The molecule has 1 heterocycles. The second-order valence-electron chi connectivity index (χ2n) is 9.70. The molecule has 0 bridgehead atoms. The maximum Gasteiger partial charge on any atom is 0.192 e. The molecule has 1 atom stereocenters. The number of hydrogen-bond acceptors (Lipinski definition) is 2. The zero-order chi connectivity index (χ0) is 21.4. The number of aromatic nitrogens is 1. The summed E-state index contributed by atoms with van der Waals surface area (Å²) in [7, 11) is -1.82. The summed E-state index contributed by atoms with van der Waals surface area (Å²) in [6, 6.07) is 10.4. The number of allylic oxidation sites excluding steroid dienone is 3. The highest BCUT2D eigenvalue weighted by Gasteiger charge is 2.37. The van der Waals surface area contributed by atoms with Gasteiger partial charge in [0.2, 0.25) is 0 Å². The molecule has 1 aromatic carbocycles. The minimum atomic E-state index is -1.82. The molecule has 0 amide bonds. The number of aliphatic hydroxyl groups is 1. The average Bonchev–Trinajstić information content (AvgIpc) is 3.27. The molecule has 0 aliphatic heterocycles. The van der Waals surface area contributed by atoms with Crippen molar-refractivity contribution in [1.29, 1.82) is 0 Å². The number of hydrogen-bond donors (Lipinski definition) is 1. The van der Waals surface area contributed by atoms with E-state index in [1.165, 1.54) is 5.56 Å². The van der Waals surface area contributed by atoms with Gasteiger partial charge in [0, 0.05) is 17.6 Å². The van der Waals surface area contributed by atoms with Gasteiger partial charge in [0.15, 0.2) is 8.32 Å². The van der Waals surface area contributed by atoms with Crippen molar-refractivity contribution in [3.05, 3.63) is 76.6 Å². The molecule has 1 aliphatic carbocycles. The van der Waals surface area contributed by atoms with Crippen LogP contribution >= 0.6 is 0 Å².